The summed E-state index contributed by atoms with van der Waals surface area (Å²) in [5, 5.41) is 12.0. The number of carboxylic acids is 1. The van der Waals surface area contributed by atoms with Crippen LogP contribution in [0.15, 0.2) is 29.2 Å². The van der Waals surface area contributed by atoms with Gasteiger partial charge in [-0.1, -0.05) is 24.6 Å². The van der Waals surface area contributed by atoms with Gasteiger partial charge in [-0.15, -0.1) is 11.8 Å². The topological polar surface area (TPSA) is 69.6 Å². The average molecular weight is 336 g/mol. The van der Waals surface area contributed by atoms with Crippen LogP contribution < -0.4 is 5.32 Å². The quantitative estimate of drug-likeness (QED) is 0.641. The molecular weight excluding hydrogens is 312 g/mol. The number of carbonyl (C=O) groups is 2. The highest BCUT2D eigenvalue weighted by molar-refractivity contribution is 7.99. The zero-order valence-corrected chi connectivity index (χ0v) is 14.4. The first-order valence-electron chi connectivity index (χ1n) is 7.90. The van der Waals surface area contributed by atoms with Gasteiger partial charge in [0.15, 0.2) is 0 Å². The molecule has 0 bridgehead atoms. The molecule has 1 aliphatic rings. The van der Waals surface area contributed by atoms with Crippen molar-refractivity contribution in [3.63, 3.8) is 0 Å². The van der Waals surface area contributed by atoms with Crippen LogP contribution in [0.4, 0.5) is 4.79 Å². The Labute approximate surface area is 141 Å². The molecule has 1 aromatic rings. The van der Waals surface area contributed by atoms with E-state index in [9.17, 15) is 9.59 Å². The number of aliphatic carboxylic acids is 1. The Morgan fingerprint density at radius 1 is 1.30 bits per heavy atom. The van der Waals surface area contributed by atoms with Gasteiger partial charge in [0.2, 0.25) is 0 Å². The van der Waals surface area contributed by atoms with Crippen molar-refractivity contribution in [2.24, 2.45) is 11.8 Å². The van der Waals surface area contributed by atoms with Gasteiger partial charge in [-0.2, -0.15) is 0 Å². The largest absolute Gasteiger partial charge is 0.481 e. The summed E-state index contributed by atoms with van der Waals surface area (Å²) in [5.74, 6) is -0.256. The number of likely N-dealkylation sites (tertiary alicyclic amines) is 1. The third kappa shape index (κ3) is 5.46. The number of carboxylic acid groups (broad SMARTS) is 1. The predicted octanol–water partition coefficient (Wildman–Crippen LogP) is 2.84. The van der Waals surface area contributed by atoms with Crippen molar-refractivity contribution in [3.8, 4) is 0 Å². The molecule has 6 heteroatoms. The van der Waals surface area contributed by atoms with Crippen molar-refractivity contribution in [3.05, 3.63) is 29.8 Å². The molecule has 2 amide bonds. The van der Waals surface area contributed by atoms with Crippen LogP contribution in [-0.4, -0.2) is 47.4 Å². The number of benzene rings is 1. The lowest BCUT2D eigenvalue weighted by Gasteiger charge is -2.34. The average Bonchev–Trinajstić information content (AvgIpc) is 2.52. The van der Waals surface area contributed by atoms with Crippen molar-refractivity contribution in [1.82, 2.24) is 10.2 Å². The number of thioether (sulfide) groups is 1. The van der Waals surface area contributed by atoms with Crippen molar-refractivity contribution in [2.45, 2.75) is 25.2 Å². The van der Waals surface area contributed by atoms with E-state index in [1.807, 2.05) is 6.92 Å². The van der Waals surface area contributed by atoms with E-state index < -0.39 is 11.9 Å². The highest BCUT2D eigenvalue weighted by Gasteiger charge is 2.31. The maximum absolute atomic E-state index is 12.2. The van der Waals surface area contributed by atoms with Crippen LogP contribution >= 0.6 is 11.8 Å². The van der Waals surface area contributed by atoms with E-state index >= 15 is 0 Å². The van der Waals surface area contributed by atoms with Crippen LogP contribution in [0.5, 0.6) is 0 Å². The van der Waals surface area contributed by atoms with Crippen molar-refractivity contribution in [1.29, 1.82) is 0 Å². The van der Waals surface area contributed by atoms with Gasteiger partial charge >= 0.3 is 12.0 Å². The molecule has 2 rings (SSSR count). The lowest BCUT2D eigenvalue weighted by Crippen LogP contribution is -2.49. The summed E-state index contributed by atoms with van der Waals surface area (Å²) < 4.78 is 0. The molecule has 126 valence electrons. The molecule has 2 atom stereocenters. The molecule has 2 unspecified atom stereocenters. The normalized spacial score (nSPS) is 21.0. The van der Waals surface area contributed by atoms with Gasteiger partial charge < -0.3 is 15.3 Å². The summed E-state index contributed by atoms with van der Waals surface area (Å²) in [5.41, 5.74) is 1.23. The smallest absolute Gasteiger partial charge is 0.317 e. The first kappa shape index (κ1) is 17.7. The third-order valence-corrected chi connectivity index (χ3v) is 4.98. The number of aryl methyl sites for hydroxylation is 1. The van der Waals surface area contributed by atoms with Crippen LogP contribution in [0.25, 0.3) is 0 Å². The van der Waals surface area contributed by atoms with Gasteiger partial charge in [-0.05, 0) is 31.4 Å². The van der Waals surface area contributed by atoms with E-state index in [-0.39, 0.29) is 11.9 Å². The number of carbonyl (C=O) groups excluding carboxylic acids is 1. The van der Waals surface area contributed by atoms with Crippen LogP contribution in [0.1, 0.15) is 18.9 Å². The third-order valence-electron chi connectivity index (χ3n) is 3.96. The van der Waals surface area contributed by atoms with E-state index in [2.05, 4.69) is 36.5 Å². The lowest BCUT2D eigenvalue weighted by atomic mass is 9.91. The second-order valence-electron chi connectivity index (χ2n) is 6.17. The maximum Gasteiger partial charge on any atom is 0.317 e. The molecule has 0 saturated carbocycles. The van der Waals surface area contributed by atoms with E-state index in [0.29, 0.717) is 26.1 Å². The van der Waals surface area contributed by atoms with Crippen LogP contribution in [0.3, 0.4) is 0 Å². The second-order valence-corrected chi connectivity index (χ2v) is 7.34. The molecule has 1 aromatic carbocycles. The minimum atomic E-state index is -0.815. The summed E-state index contributed by atoms with van der Waals surface area (Å²) in [4.78, 5) is 26.1. The number of nitrogens with zero attached hydrogens (tertiary/aromatic N) is 1. The second kappa shape index (κ2) is 8.24. The fraction of sp³-hybridized carbons (Fsp3) is 0.529. The van der Waals surface area contributed by atoms with Gasteiger partial charge in [-0.25, -0.2) is 4.79 Å². The number of rotatable bonds is 5. The van der Waals surface area contributed by atoms with Crippen LogP contribution in [0, 0.1) is 18.8 Å². The fourth-order valence-corrected chi connectivity index (χ4v) is 3.54. The Bertz CT molecular complexity index is 547. The molecule has 1 aliphatic heterocycles. The van der Waals surface area contributed by atoms with Gasteiger partial charge in [0.25, 0.3) is 0 Å². The molecule has 0 spiro atoms. The fourth-order valence-electron chi connectivity index (χ4n) is 2.77. The molecular formula is C17H24N2O3S. The standard InChI is InChI=1S/C17H24N2O3S/c1-12-3-5-15(6-4-12)23-8-7-18-17(22)19-10-13(2)9-14(11-19)16(20)21/h3-6,13-14H,7-11H2,1-2H3,(H,18,22)(H,20,21). The molecule has 23 heavy (non-hydrogen) atoms. The van der Waals surface area contributed by atoms with Gasteiger partial charge in [-0.3, -0.25) is 4.79 Å². The zero-order valence-electron chi connectivity index (χ0n) is 13.6. The molecule has 5 nitrogen and oxygen atoms in total. The lowest BCUT2D eigenvalue weighted by molar-refractivity contribution is -0.143. The number of hydrogen-bond acceptors (Lipinski definition) is 3. The number of piperidine rings is 1. The van der Waals surface area contributed by atoms with Gasteiger partial charge in [0, 0.05) is 30.3 Å². The minimum absolute atomic E-state index is 0.160. The summed E-state index contributed by atoms with van der Waals surface area (Å²) in [6.07, 6.45) is 0.641. The molecule has 1 heterocycles. The summed E-state index contributed by atoms with van der Waals surface area (Å²) in [6, 6.07) is 8.13. The molecule has 2 N–H and O–H groups in total. The Morgan fingerprint density at radius 3 is 2.65 bits per heavy atom. The first-order chi connectivity index (χ1) is 11.0. The zero-order chi connectivity index (χ0) is 16.8. The predicted molar refractivity (Wildman–Crippen MR) is 91.8 cm³/mol. The minimum Gasteiger partial charge on any atom is -0.481 e. The van der Waals surface area contributed by atoms with E-state index in [4.69, 9.17) is 5.11 Å². The van der Waals surface area contributed by atoms with Crippen molar-refractivity contribution < 1.29 is 14.7 Å². The molecule has 1 saturated heterocycles. The SMILES string of the molecule is Cc1ccc(SCCNC(=O)N2CC(C)CC(C(=O)O)C2)cc1. The van der Waals surface area contributed by atoms with E-state index in [0.717, 1.165) is 5.75 Å². The van der Waals surface area contributed by atoms with Gasteiger partial charge in [0.05, 0.1) is 5.92 Å². The van der Waals surface area contributed by atoms with Crippen LogP contribution in [0.2, 0.25) is 0 Å². The Balaban J connectivity index is 1.73. The van der Waals surface area contributed by atoms with Gasteiger partial charge in [0.1, 0.15) is 0 Å². The molecule has 0 aromatic heterocycles. The van der Waals surface area contributed by atoms with Crippen molar-refractivity contribution >= 4 is 23.8 Å². The van der Waals surface area contributed by atoms with Crippen LogP contribution in [-0.2, 0) is 4.79 Å². The number of hydrogen-bond donors (Lipinski definition) is 2. The van der Waals surface area contributed by atoms with E-state index in [1.54, 1.807) is 16.7 Å². The summed E-state index contributed by atoms with van der Waals surface area (Å²) in [6.45, 7) is 5.54. The first-order valence-corrected chi connectivity index (χ1v) is 8.89. The Morgan fingerprint density at radius 2 is 2.00 bits per heavy atom. The molecule has 0 aliphatic carbocycles. The molecule has 0 radical (unpaired) electrons. The Kier molecular flexibility index (Phi) is 6.33. The molecule has 1 fully saturated rings. The number of nitrogens with one attached hydrogen (secondary N) is 1. The summed E-state index contributed by atoms with van der Waals surface area (Å²) in [7, 11) is 0. The highest BCUT2D eigenvalue weighted by Crippen LogP contribution is 2.22. The number of urea groups is 1. The maximum atomic E-state index is 12.2. The Hall–Kier alpha value is -1.69. The summed E-state index contributed by atoms with van der Waals surface area (Å²) >= 11 is 1.70. The van der Waals surface area contributed by atoms with Crippen molar-refractivity contribution in [2.75, 3.05) is 25.4 Å². The van der Waals surface area contributed by atoms with E-state index in [1.165, 1.54) is 10.5 Å². The highest BCUT2D eigenvalue weighted by atomic mass is 32.2. The monoisotopic (exact) mass is 336 g/mol. The number of amides is 2.